The van der Waals surface area contributed by atoms with Gasteiger partial charge in [0, 0.05) is 12.3 Å². The number of ketones is 1. The van der Waals surface area contributed by atoms with Gasteiger partial charge in [-0.25, -0.2) is 0 Å². The third-order valence-electron chi connectivity index (χ3n) is 2.29. The Bertz CT molecular complexity index is 138. The van der Waals surface area contributed by atoms with E-state index in [-0.39, 0.29) is 11.7 Å². The summed E-state index contributed by atoms with van der Waals surface area (Å²) in [5.74, 6) is 0.0394. The van der Waals surface area contributed by atoms with Gasteiger partial charge >= 0.3 is 0 Å². The van der Waals surface area contributed by atoms with Crippen molar-refractivity contribution in [2.24, 2.45) is 5.92 Å². The molecule has 0 aromatic rings. The molecule has 52 valence electrons. The highest BCUT2D eigenvalue weighted by atomic mass is 16.3. The third-order valence-corrected chi connectivity index (χ3v) is 2.29. The minimum Gasteiger partial charge on any atom is -0.389 e. The highest BCUT2D eigenvalue weighted by Crippen LogP contribution is 2.31. The molecule has 1 saturated carbocycles. The van der Waals surface area contributed by atoms with E-state index in [1.165, 1.54) is 0 Å². The molecule has 9 heavy (non-hydrogen) atoms. The Balaban J connectivity index is 2.73. The molecule has 1 aliphatic carbocycles. The minimum atomic E-state index is -0.725. The zero-order valence-corrected chi connectivity index (χ0v) is 5.85. The number of carbonyl (C=O) groups excluding carboxylic acids is 1. The lowest BCUT2D eigenvalue weighted by atomic mass is 9.95. The molecule has 0 spiro atoms. The maximum atomic E-state index is 10.8. The van der Waals surface area contributed by atoms with E-state index in [1.54, 1.807) is 13.8 Å². The monoisotopic (exact) mass is 128 g/mol. The Labute approximate surface area is 54.9 Å². The van der Waals surface area contributed by atoms with Crippen LogP contribution >= 0.6 is 0 Å². The van der Waals surface area contributed by atoms with Crippen LogP contribution < -0.4 is 0 Å². The highest BCUT2D eigenvalue weighted by Gasteiger charge is 2.39. The van der Waals surface area contributed by atoms with Crippen LogP contribution in [0.15, 0.2) is 0 Å². The van der Waals surface area contributed by atoms with E-state index >= 15 is 0 Å². The van der Waals surface area contributed by atoms with Crippen LogP contribution in [0.1, 0.15) is 26.7 Å². The fraction of sp³-hybridized carbons (Fsp3) is 0.857. The molecule has 0 radical (unpaired) electrons. The summed E-state index contributed by atoms with van der Waals surface area (Å²) in [6.07, 6.45) is 1.18. The van der Waals surface area contributed by atoms with Gasteiger partial charge in [-0.1, -0.05) is 6.92 Å². The summed E-state index contributed by atoms with van der Waals surface area (Å²) in [5.41, 5.74) is -0.725. The fourth-order valence-corrected chi connectivity index (χ4v) is 1.16. The molecule has 0 heterocycles. The Kier molecular flexibility index (Phi) is 1.35. The third kappa shape index (κ3) is 0.990. The Hall–Kier alpha value is -0.370. The number of aliphatic hydroxyl groups is 1. The van der Waals surface area contributed by atoms with Crippen LogP contribution in [0, 0.1) is 5.92 Å². The number of Topliss-reactive ketones (excluding diaryl/α,β-unsaturated/α-hetero) is 1. The van der Waals surface area contributed by atoms with Crippen LogP contribution in [0.5, 0.6) is 0 Å². The van der Waals surface area contributed by atoms with Crippen LogP contribution in [-0.2, 0) is 4.79 Å². The summed E-state index contributed by atoms with van der Waals surface area (Å²) in [7, 11) is 0. The first-order valence-electron chi connectivity index (χ1n) is 3.29. The zero-order chi connectivity index (χ0) is 7.07. The lowest BCUT2D eigenvalue weighted by molar-refractivity contribution is -0.123. The highest BCUT2D eigenvalue weighted by molar-refractivity contribution is 5.84. The van der Waals surface area contributed by atoms with Crippen molar-refractivity contribution in [1.29, 1.82) is 0 Å². The van der Waals surface area contributed by atoms with Crippen molar-refractivity contribution < 1.29 is 9.90 Å². The summed E-state index contributed by atoms with van der Waals surface area (Å²) in [6, 6.07) is 0. The van der Waals surface area contributed by atoms with Crippen molar-refractivity contribution in [2.75, 3.05) is 0 Å². The molecule has 2 unspecified atom stereocenters. The van der Waals surface area contributed by atoms with Crippen molar-refractivity contribution in [1.82, 2.24) is 0 Å². The van der Waals surface area contributed by atoms with Crippen LogP contribution in [0.3, 0.4) is 0 Å². The van der Waals surface area contributed by atoms with E-state index in [9.17, 15) is 9.90 Å². The van der Waals surface area contributed by atoms with Gasteiger partial charge in [0.05, 0.1) is 5.60 Å². The van der Waals surface area contributed by atoms with Crippen molar-refractivity contribution in [3.05, 3.63) is 0 Å². The van der Waals surface area contributed by atoms with E-state index < -0.39 is 5.60 Å². The predicted molar refractivity (Wildman–Crippen MR) is 34.0 cm³/mol. The summed E-state index contributed by atoms with van der Waals surface area (Å²) < 4.78 is 0. The first kappa shape index (κ1) is 6.75. The van der Waals surface area contributed by atoms with Gasteiger partial charge in [-0.15, -0.1) is 0 Å². The van der Waals surface area contributed by atoms with Crippen LogP contribution in [0.25, 0.3) is 0 Å². The summed E-state index contributed by atoms with van der Waals surface area (Å²) in [4.78, 5) is 10.8. The van der Waals surface area contributed by atoms with Gasteiger partial charge in [0.15, 0.2) is 0 Å². The number of rotatable bonds is 0. The van der Waals surface area contributed by atoms with Gasteiger partial charge in [0.1, 0.15) is 5.78 Å². The van der Waals surface area contributed by atoms with Gasteiger partial charge in [-0.2, -0.15) is 0 Å². The summed E-state index contributed by atoms with van der Waals surface area (Å²) >= 11 is 0. The summed E-state index contributed by atoms with van der Waals surface area (Å²) in [6.45, 7) is 3.51. The SMILES string of the molecule is CC1C(=O)CCC1(C)O. The quantitative estimate of drug-likeness (QED) is 0.522. The molecule has 0 aromatic carbocycles. The maximum Gasteiger partial charge on any atom is 0.138 e. The lowest BCUT2D eigenvalue weighted by Gasteiger charge is -2.19. The molecule has 0 aromatic heterocycles. The molecule has 1 N–H and O–H groups in total. The molecule has 2 heteroatoms. The van der Waals surface area contributed by atoms with Crippen molar-refractivity contribution in [2.45, 2.75) is 32.3 Å². The first-order chi connectivity index (χ1) is 4.04. The number of hydrogen-bond donors (Lipinski definition) is 1. The molecule has 1 rings (SSSR count). The van der Waals surface area contributed by atoms with Crippen molar-refractivity contribution in [3.8, 4) is 0 Å². The van der Waals surface area contributed by atoms with Crippen molar-refractivity contribution >= 4 is 5.78 Å². The van der Waals surface area contributed by atoms with Crippen LogP contribution in [0.2, 0.25) is 0 Å². The molecule has 0 aliphatic heterocycles. The van der Waals surface area contributed by atoms with E-state index in [1.807, 2.05) is 0 Å². The second kappa shape index (κ2) is 1.81. The Morgan fingerprint density at radius 2 is 2.33 bits per heavy atom. The van der Waals surface area contributed by atoms with Gasteiger partial charge in [-0.05, 0) is 13.3 Å². The molecule has 2 nitrogen and oxygen atoms in total. The van der Waals surface area contributed by atoms with Gasteiger partial charge in [0.25, 0.3) is 0 Å². The van der Waals surface area contributed by atoms with Crippen molar-refractivity contribution in [3.63, 3.8) is 0 Å². The molecule has 0 bridgehead atoms. The predicted octanol–water partition coefficient (Wildman–Crippen LogP) is 0.736. The Morgan fingerprint density at radius 3 is 2.44 bits per heavy atom. The van der Waals surface area contributed by atoms with Crippen LogP contribution in [0.4, 0.5) is 0 Å². The van der Waals surface area contributed by atoms with E-state index in [2.05, 4.69) is 0 Å². The Morgan fingerprint density at radius 1 is 1.78 bits per heavy atom. The molecule has 0 saturated heterocycles. The molecular weight excluding hydrogens is 116 g/mol. The van der Waals surface area contributed by atoms with E-state index in [0.717, 1.165) is 0 Å². The van der Waals surface area contributed by atoms with E-state index in [4.69, 9.17) is 0 Å². The van der Waals surface area contributed by atoms with E-state index in [0.29, 0.717) is 12.8 Å². The second-order valence-electron chi connectivity index (χ2n) is 3.05. The molecule has 0 amide bonds. The standard InChI is InChI=1S/C7H12O2/c1-5-6(8)3-4-7(5,2)9/h5,9H,3-4H2,1-2H3. The normalized spacial score (nSPS) is 43.9. The second-order valence-corrected chi connectivity index (χ2v) is 3.05. The average molecular weight is 128 g/mol. The van der Waals surface area contributed by atoms with Gasteiger partial charge in [0.2, 0.25) is 0 Å². The number of carbonyl (C=O) groups is 1. The molecule has 1 aliphatic rings. The zero-order valence-electron chi connectivity index (χ0n) is 5.85. The van der Waals surface area contributed by atoms with Crippen LogP contribution in [-0.4, -0.2) is 16.5 Å². The first-order valence-corrected chi connectivity index (χ1v) is 3.29. The average Bonchev–Trinajstić information content (AvgIpc) is 1.97. The van der Waals surface area contributed by atoms with Gasteiger partial charge < -0.3 is 5.11 Å². The summed E-state index contributed by atoms with van der Waals surface area (Å²) in [5, 5.41) is 9.41. The number of hydrogen-bond acceptors (Lipinski definition) is 2. The minimum absolute atomic E-state index is 0.155. The topological polar surface area (TPSA) is 37.3 Å². The molecule has 1 fully saturated rings. The molecular formula is C7H12O2. The molecule has 2 atom stereocenters. The lowest BCUT2D eigenvalue weighted by Crippen LogP contribution is -2.29. The van der Waals surface area contributed by atoms with Gasteiger partial charge in [-0.3, -0.25) is 4.79 Å². The smallest absolute Gasteiger partial charge is 0.138 e. The largest absolute Gasteiger partial charge is 0.389 e. The fourth-order valence-electron chi connectivity index (χ4n) is 1.16. The maximum absolute atomic E-state index is 10.8.